The molecule has 1 aliphatic rings. The number of aliphatic hydroxyl groups excluding tert-OH is 1. The average Bonchev–Trinajstić information content (AvgIpc) is 3.22. The van der Waals surface area contributed by atoms with Crippen LogP contribution in [0.1, 0.15) is 28.9 Å². The van der Waals surface area contributed by atoms with Crippen LogP contribution in [0.3, 0.4) is 0 Å². The third-order valence-corrected chi connectivity index (χ3v) is 5.47. The first-order valence-corrected chi connectivity index (χ1v) is 10.6. The molecule has 1 aliphatic heterocycles. The van der Waals surface area contributed by atoms with Gasteiger partial charge in [-0.25, -0.2) is 4.68 Å². The number of aryl methyl sites for hydroxylation is 1. The molecule has 0 unspecified atom stereocenters. The van der Waals surface area contributed by atoms with Gasteiger partial charge in [0, 0.05) is 22.5 Å². The second kappa shape index (κ2) is 9.53. The van der Waals surface area contributed by atoms with Crippen LogP contribution in [0.4, 0.5) is 5.69 Å². The first-order chi connectivity index (χ1) is 16.0. The van der Waals surface area contributed by atoms with Crippen molar-refractivity contribution in [3.8, 4) is 11.5 Å². The van der Waals surface area contributed by atoms with E-state index in [4.69, 9.17) is 14.6 Å². The van der Waals surface area contributed by atoms with Crippen molar-refractivity contribution >= 4 is 22.8 Å². The van der Waals surface area contributed by atoms with Gasteiger partial charge in [-0.2, -0.15) is 5.10 Å². The van der Waals surface area contributed by atoms with Crippen molar-refractivity contribution < 1.29 is 14.6 Å². The van der Waals surface area contributed by atoms with Gasteiger partial charge in [-0.05, 0) is 67.4 Å². The van der Waals surface area contributed by atoms with Gasteiger partial charge in [0.05, 0.1) is 25.6 Å². The van der Waals surface area contributed by atoms with Crippen molar-refractivity contribution in [3.05, 3.63) is 102 Å². The first-order valence-electron chi connectivity index (χ1n) is 10.6. The minimum atomic E-state index is 0.0392. The molecule has 0 saturated heterocycles. The van der Waals surface area contributed by atoms with Crippen LogP contribution >= 0.6 is 0 Å². The van der Waals surface area contributed by atoms with E-state index in [1.165, 1.54) is 0 Å². The number of allylic oxidation sites excluding steroid dienone is 3. The van der Waals surface area contributed by atoms with E-state index in [0.717, 1.165) is 41.2 Å². The van der Waals surface area contributed by atoms with Crippen molar-refractivity contribution in [3.63, 3.8) is 0 Å². The number of aromatic nitrogens is 2. The molecule has 1 aromatic heterocycles. The van der Waals surface area contributed by atoms with Crippen LogP contribution in [0.15, 0.2) is 79.9 Å². The lowest BCUT2D eigenvalue weighted by atomic mass is 10.1. The summed E-state index contributed by atoms with van der Waals surface area (Å²) in [5, 5.41) is 17.7. The van der Waals surface area contributed by atoms with Gasteiger partial charge in [0.2, 0.25) is 0 Å². The number of nitrogens with one attached hydrogen (secondary N) is 1. The van der Waals surface area contributed by atoms with Crippen LogP contribution in [0, 0.1) is 0 Å². The maximum absolute atomic E-state index is 9.52. The summed E-state index contributed by atoms with van der Waals surface area (Å²) in [6.07, 6.45) is 8.04. The molecule has 33 heavy (non-hydrogen) atoms. The highest BCUT2D eigenvalue weighted by Crippen LogP contribution is 2.32. The SMILES string of the molecule is C=C(O)c1ccc(NC(=C)c2cc3n(n2)/C(c2ccc(OC)c(OC)c2)=C\C=C/CC3)cc1. The number of methoxy groups -OCH3 is 2. The molecule has 2 N–H and O–H groups in total. The van der Waals surface area contributed by atoms with Crippen LogP contribution in [0.5, 0.6) is 11.5 Å². The van der Waals surface area contributed by atoms with Crippen molar-refractivity contribution in [2.45, 2.75) is 12.8 Å². The zero-order valence-electron chi connectivity index (χ0n) is 18.8. The van der Waals surface area contributed by atoms with E-state index in [0.29, 0.717) is 22.8 Å². The van der Waals surface area contributed by atoms with Crippen molar-refractivity contribution in [2.24, 2.45) is 0 Å². The van der Waals surface area contributed by atoms with Crippen LogP contribution < -0.4 is 14.8 Å². The summed E-state index contributed by atoms with van der Waals surface area (Å²) >= 11 is 0. The van der Waals surface area contributed by atoms with Gasteiger partial charge in [0.25, 0.3) is 0 Å². The van der Waals surface area contributed by atoms with Gasteiger partial charge < -0.3 is 19.9 Å². The molecule has 6 heteroatoms. The summed E-state index contributed by atoms with van der Waals surface area (Å²) in [5.74, 6) is 1.38. The molecule has 0 fully saturated rings. The van der Waals surface area contributed by atoms with Crippen LogP contribution in [-0.2, 0) is 6.42 Å². The molecule has 6 nitrogen and oxygen atoms in total. The van der Waals surface area contributed by atoms with Crippen molar-refractivity contribution in [1.29, 1.82) is 0 Å². The Morgan fingerprint density at radius 2 is 1.79 bits per heavy atom. The summed E-state index contributed by atoms with van der Waals surface area (Å²) in [7, 11) is 3.25. The Balaban J connectivity index is 1.66. The maximum atomic E-state index is 9.52. The predicted molar refractivity (Wildman–Crippen MR) is 133 cm³/mol. The Hall–Kier alpha value is -4.19. The van der Waals surface area contributed by atoms with Crippen molar-refractivity contribution in [2.75, 3.05) is 19.5 Å². The normalized spacial score (nSPS) is 15.3. The fourth-order valence-corrected chi connectivity index (χ4v) is 3.71. The number of nitrogens with zero attached hydrogens (tertiary/aromatic N) is 2. The molecular formula is C27H27N3O3. The quantitative estimate of drug-likeness (QED) is 0.447. The molecule has 0 amide bonds. The fourth-order valence-electron chi connectivity index (χ4n) is 3.71. The zero-order valence-corrected chi connectivity index (χ0v) is 18.8. The molecule has 0 aliphatic carbocycles. The number of hydrogen-bond donors (Lipinski definition) is 2. The highest BCUT2D eigenvalue weighted by atomic mass is 16.5. The largest absolute Gasteiger partial charge is 0.508 e. The second-order valence-corrected chi connectivity index (χ2v) is 7.65. The van der Waals surface area contributed by atoms with Gasteiger partial charge in [-0.1, -0.05) is 25.3 Å². The summed E-state index contributed by atoms with van der Waals surface area (Å²) in [6.45, 7) is 7.74. The highest BCUT2D eigenvalue weighted by Gasteiger charge is 2.17. The number of hydrogen-bond acceptors (Lipinski definition) is 5. The van der Waals surface area contributed by atoms with E-state index in [1.807, 2.05) is 35.0 Å². The molecule has 0 saturated carbocycles. The summed E-state index contributed by atoms with van der Waals surface area (Å²) < 4.78 is 12.8. The minimum absolute atomic E-state index is 0.0392. The molecule has 4 rings (SSSR count). The molecule has 2 heterocycles. The fraction of sp³-hybridized carbons (Fsp3) is 0.148. The smallest absolute Gasteiger partial charge is 0.161 e. The second-order valence-electron chi connectivity index (χ2n) is 7.65. The molecule has 0 bridgehead atoms. The van der Waals surface area contributed by atoms with Crippen LogP contribution in [0.2, 0.25) is 0 Å². The highest BCUT2D eigenvalue weighted by molar-refractivity contribution is 5.76. The monoisotopic (exact) mass is 441 g/mol. The Bertz CT molecular complexity index is 1250. The molecule has 0 spiro atoms. The van der Waals surface area contributed by atoms with E-state index in [9.17, 15) is 5.11 Å². The van der Waals surface area contributed by atoms with Gasteiger partial charge in [-0.3, -0.25) is 0 Å². The van der Waals surface area contributed by atoms with Gasteiger partial charge >= 0.3 is 0 Å². The van der Waals surface area contributed by atoms with Gasteiger partial charge in [0.1, 0.15) is 11.5 Å². The van der Waals surface area contributed by atoms with E-state index < -0.39 is 0 Å². The zero-order chi connectivity index (χ0) is 23.4. The third-order valence-electron chi connectivity index (χ3n) is 5.47. The number of anilines is 1. The Morgan fingerprint density at radius 3 is 2.48 bits per heavy atom. The molecular weight excluding hydrogens is 414 g/mol. The Kier molecular flexibility index (Phi) is 6.36. The average molecular weight is 442 g/mol. The first kappa shape index (κ1) is 22.0. The lowest BCUT2D eigenvalue weighted by Gasteiger charge is -2.15. The number of aliphatic hydroxyl groups is 1. The standard InChI is InChI=1S/C27H27N3O3/c1-18(28-22-13-10-20(11-14-22)19(2)31)24-17-23-8-6-5-7-9-25(30(23)29-24)21-12-15-26(32-3)27(16-21)33-4/h5,7,9-17,28,31H,1-2,6,8H2,3-4H3/b7-5-,25-9-. The number of rotatable bonds is 7. The van der Waals surface area contributed by atoms with Crippen LogP contribution in [0.25, 0.3) is 17.2 Å². The molecule has 2 aromatic carbocycles. The summed E-state index contributed by atoms with van der Waals surface area (Å²) in [5.41, 5.74) is 5.96. The molecule has 168 valence electrons. The predicted octanol–water partition coefficient (Wildman–Crippen LogP) is 5.90. The van der Waals surface area contributed by atoms with Gasteiger partial charge in [0.15, 0.2) is 11.5 Å². The Morgan fingerprint density at radius 1 is 1.03 bits per heavy atom. The lowest BCUT2D eigenvalue weighted by molar-refractivity contribution is 0.355. The lowest BCUT2D eigenvalue weighted by Crippen LogP contribution is -2.08. The maximum Gasteiger partial charge on any atom is 0.161 e. The number of fused-ring (bicyclic) bond motifs is 1. The Labute approximate surface area is 193 Å². The topological polar surface area (TPSA) is 68.5 Å². The van der Waals surface area contributed by atoms with Crippen LogP contribution in [-0.4, -0.2) is 29.1 Å². The molecule has 0 radical (unpaired) electrons. The molecule has 0 atom stereocenters. The number of ether oxygens (including phenoxy) is 2. The number of benzene rings is 2. The molecule has 3 aromatic rings. The summed E-state index contributed by atoms with van der Waals surface area (Å²) in [6, 6.07) is 15.2. The summed E-state index contributed by atoms with van der Waals surface area (Å²) in [4.78, 5) is 0. The third kappa shape index (κ3) is 4.70. The van der Waals surface area contributed by atoms with E-state index in [1.54, 1.807) is 26.4 Å². The van der Waals surface area contributed by atoms with E-state index >= 15 is 0 Å². The van der Waals surface area contributed by atoms with E-state index in [-0.39, 0.29) is 5.76 Å². The van der Waals surface area contributed by atoms with Crippen molar-refractivity contribution in [1.82, 2.24) is 9.78 Å². The van der Waals surface area contributed by atoms with E-state index in [2.05, 4.69) is 42.8 Å². The van der Waals surface area contributed by atoms with Gasteiger partial charge in [-0.15, -0.1) is 0 Å². The minimum Gasteiger partial charge on any atom is -0.508 e.